The van der Waals surface area contributed by atoms with Crippen LogP contribution in [0.2, 0.25) is 0 Å². The molecule has 1 aromatic heterocycles. The van der Waals surface area contributed by atoms with E-state index in [2.05, 4.69) is 4.98 Å². The molecule has 1 saturated heterocycles. The van der Waals surface area contributed by atoms with E-state index in [0.717, 1.165) is 12.8 Å². The number of pyridine rings is 1. The topological polar surface area (TPSA) is 42.4 Å². The molecule has 0 N–H and O–H groups in total. The predicted molar refractivity (Wildman–Crippen MR) is 87.9 cm³/mol. The van der Waals surface area contributed by atoms with Crippen molar-refractivity contribution < 1.29 is 18.3 Å². The second-order valence-electron chi connectivity index (χ2n) is 7.37. The van der Waals surface area contributed by atoms with Gasteiger partial charge in [0.2, 0.25) is 0 Å². The van der Waals surface area contributed by atoms with Crippen LogP contribution in [-0.4, -0.2) is 34.7 Å². The standard InChI is InChI=1S/C18H26F2N2O2/c1-17(2,3)24-16(23)22-12-8-14(9-13-22)7-10-18(19,20)15-6-4-5-11-21-15/h4-6,11,14H,7-10,12-13H2,1-3H3. The molecule has 0 unspecified atom stereocenters. The first kappa shape index (κ1) is 18.6. The Labute approximate surface area is 142 Å². The van der Waals surface area contributed by atoms with E-state index < -0.39 is 11.5 Å². The fraction of sp³-hybridized carbons (Fsp3) is 0.667. The molecule has 0 spiro atoms. The van der Waals surface area contributed by atoms with Gasteiger partial charge in [-0.25, -0.2) is 4.79 Å². The van der Waals surface area contributed by atoms with Crippen LogP contribution in [0, 0.1) is 5.92 Å². The smallest absolute Gasteiger partial charge is 0.410 e. The average Bonchev–Trinajstić information content (AvgIpc) is 2.53. The summed E-state index contributed by atoms with van der Waals surface area (Å²) in [4.78, 5) is 17.4. The maximum absolute atomic E-state index is 14.2. The van der Waals surface area contributed by atoms with Gasteiger partial charge in [0.1, 0.15) is 11.3 Å². The minimum Gasteiger partial charge on any atom is -0.444 e. The first-order chi connectivity index (χ1) is 11.2. The van der Waals surface area contributed by atoms with Crippen LogP contribution in [-0.2, 0) is 10.7 Å². The largest absolute Gasteiger partial charge is 0.444 e. The fourth-order valence-electron chi connectivity index (χ4n) is 2.82. The Bertz CT molecular complexity index is 536. The number of aromatic nitrogens is 1. The van der Waals surface area contributed by atoms with Gasteiger partial charge in [0.05, 0.1) is 0 Å². The van der Waals surface area contributed by atoms with Gasteiger partial charge in [-0.2, -0.15) is 8.78 Å². The summed E-state index contributed by atoms with van der Waals surface area (Å²) >= 11 is 0. The van der Waals surface area contributed by atoms with E-state index in [1.54, 1.807) is 17.0 Å². The molecular weight excluding hydrogens is 314 g/mol. The first-order valence-corrected chi connectivity index (χ1v) is 8.45. The first-order valence-electron chi connectivity index (χ1n) is 8.45. The molecule has 0 saturated carbocycles. The van der Waals surface area contributed by atoms with Crippen molar-refractivity contribution in [3.05, 3.63) is 30.1 Å². The number of carbonyl (C=O) groups excluding carboxylic acids is 1. The molecule has 2 heterocycles. The Kier molecular flexibility index (Phi) is 5.78. The van der Waals surface area contributed by atoms with Crippen molar-refractivity contribution in [3.63, 3.8) is 0 Å². The molecule has 1 fully saturated rings. The fourth-order valence-corrected chi connectivity index (χ4v) is 2.82. The van der Waals surface area contributed by atoms with Gasteiger partial charge in [-0.05, 0) is 58.1 Å². The molecule has 134 valence electrons. The molecule has 24 heavy (non-hydrogen) atoms. The molecule has 0 atom stereocenters. The Hall–Kier alpha value is -1.72. The molecule has 4 nitrogen and oxygen atoms in total. The molecule has 1 aliphatic rings. The highest BCUT2D eigenvalue weighted by atomic mass is 19.3. The summed E-state index contributed by atoms with van der Waals surface area (Å²) in [7, 11) is 0. The third kappa shape index (κ3) is 5.42. The number of likely N-dealkylation sites (tertiary alicyclic amines) is 1. The van der Waals surface area contributed by atoms with E-state index in [1.165, 1.54) is 12.3 Å². The van der Waals surface area contributed by atoms with Crippen molar-refractivity contribution in [1.29, 1.82) is 0 Å². The molecule has 0 bridgehead atoms. The molecular formula is C18H26F2N2O2. The molecule has 0 aromatic carbocycles. The molecule has 1 amide bonds. The van der Waals surface area contributed by atoms with E-state index in [1.807, 2.05) is 20.8 Å². The lowest BCUT2D eigenvalue weighted by atomic mass is 9.90. The van der Waals surface area contributed by atoms with E-state index in [4.69, 9.17) is 4.74 Å². The molecule has 1 aromatic rings. The lowest BCUT2D eigenvalue weighted by Crippen LogP contribution is -2.41. The zero-order valence-corrected chi connectivity index (χ0v) is 14.6. The van der Waals surface area contributed by atoms with E-state index in [9.17, 15) is 13.6 Å². The number of hydrogen-bond donors (Lipinski definition) is 0. The van der Waals surface area contributed by atoms with Crippen LogP contribution in [0.3, 0.4) is 0 Å². The van der Waals surface area contributed by atoms with Gasteiger partial charge in [-0.15, -0.1) is 0 Å². The molecule has 6 heteroatoms. The quantitative estimate of drug-likeness (QED) is 0.804. The van der Waals surface area contributed by atoms with Crippen molar-refractivity contribution in [2.24, 2.45) is 5.92 Å². The van der Waals surface area contributed by atoms with Gasteiger partial charge in [0.15, 0.2) is 0 Å². The zero-order chi connectivity index (χ0) is 17.8. The Balaban J connectivity index is 1.78. The normalized spacial score (nSPS) is 17.0. The summed E-state index contributed by atoms with van der Waals surface area (Å²) in [6.07, 6.45) is 2.77. The van der Waals surface area contributed by atoms with Crippen LogP contribution in [0.4, 0.5) is 13.6 Å². The van der Waals surface area contributed by atoms with Crippen LogP contribution >= 0.6 is 0 Å². The van der Waals surface area contributed by atoms with Crippen LogP contribution < -0.4 is 0 Å². The summed E-state index contributed by atoms with van der Waals surface area (Å²) in [5.74, 6) is -2.69. The Morgan fingerprint density at radius 3 is 2.50 bits per heavy atom. The molecule has 0 aliphatic carbocycles. The van der Waals surface area contributed by atoms with E-state index >= 15 is 0 Å². The monoisotopic (exact) mass is 340 g/mol. The number of piperidine rings is 1. The number of ether oxygens (including phenoxy) is 1. The maximum atomic E-state index is 14.2. The number of carbonyl (C=O) groups is 1. The van der Waals surface area contributed by atoms with Crippen molar-refractivity contribution in [1.82, 2.24) is 9.88 Å². The van der Waals surface area contributed by atoms with Crippen LogP contribution in [0.5, 0.6) is 0 Å². The number of hydrogen-bond acceptors (Lipinski definition) is 3. The number of nitrogens with zero attached hydrogens (tertiary/aromatic N) is 2. The third-order valence-electron chi connectivity index (χ3n) is 4.17. The highest BCUT2D eigenvalue weighted by molar-refractivity contribution is 5.68. The van der Waals surface area contributed by atoms with Gasteiger partial charge in [0.25, 0.3) is 5.92 Å². The minimum absolute atomic E-state index is 0.170. The van der Waals surface area contributed by atoms with Crippen molar-refractivity contribution in [2.45, 2.75) is 58.0 Å². The number of halogens is 2. The predicted octanol–water partition coefficient (Wildman–Crippen LogP) is 4.60. The number of rotatable bonds is 4. The second-order valence-corrected chi connectivity index (χ2v) is 7.37. The lowest BCUT2D eigenvalue weighted by Gasteiger charge is -2.33. The summed E-state index contributed by atoms with van der Waals surface area (Å²) in [5, 5.41) is 0. The lowest BCUT2D eigenvalue weighted by molar-refractivity contribution is -0.0269. The van der Waals surface area contributed by atoms with E-state index in [-0.39, 0.29) is 24.1 Å². The SMILES string of the molecule is CC(C)(C)OC(=O)N1CCC(CCC(F)(F)c2ccccn2)CC1. The highest BCUT2D eigenvalue weighted by Crippen LogP contribution is 2.34. The molecule has 1 aliphatic heterocycles. The second kappa shape index (κ2) is 7.45. The summed E-state index contributed by atoms with van der Waals surface area (Å²) in [6.45, 7) is 6.62. The van der Waals surface area contributed by atoms with Crippen molar-refractivity contribution in [2.75, 3.05) is 13.1 Å². The van der Waals surface area contributed by atoms with Crippen LogP contribution in [0.15, 0.2) is 24.4 Å². The van der Waals surface area contributed by atoms with Crippen molar-refractivity contribution in [3.8, 4) is 0 Å². The minimum atomic E-state index is -2.90. The highest BCUT2D eigenvalue weighted by Gasteiger charge is 2.34. The van der Waals surface area contributed by atoms with Gasteiger partial charge < -0.3 is 9.64 Å². The van der Waals surface area contributed by atoms with Crippen LogP contribution in [0.25, 0.3) is 0 Å². The summed E-state index contributed by atoms with van der Waals surface area (Å²) in [6, 6.07) is 4.58. The van der Waals surface area contributed by atoms with Crippen molar-refractivity contribution >= 4 is 6.09 Å². The zero-order valence-electron chi connectivity index (χ0n) is 14.6. The number of amides is 1. The van der Waals surface area contributed by atoms with Gasteiger partial charge >= 0.3 is 6.09 Å². The van der Waals surface area contributed by atoms with E-state index in [0.29, 0.717) is 19.5 Å². The summed E-state index contributed by atoms with van der Waals surface area (Å²) < 4.78 is 33.7. The average molecular weight is 340 g/mol. The van der Waals surface area contributed by atoms with Crippen LogP contribution in [0.1, 0.15) is 52.1 Å². The number of alkyl halides is 2. The third-order valence-corrected chi connectivity index (χ3v) is 4.17. The van der Waals surface area contributed by atoms with Gasteiger partial charge in [-0.3, -0.25) is 4.98 Å². The molecule has 0 radical (unpaired) electrons. The molecule has 2 rings (SSSR count). The van der Waals surface area contributed by atoms with Gasteiger partial charge in [0, 0.05) is 25.7 Å². The summed E-state index contributed by atoms with van der Waals surface area (Å²) in [5.41, 5.74) is -0.685. The Morgan fingerprint density at radius 2 is 1.96 bits per heavy atom. The maximum Gasteiger partial charge on any atom is 0.410 e. The van der Waals surface area contributed by atoms with Gasteiger partial charge in [-0.1, -0.05) is 6.07 Å². The Morgan fingerprint density at radius 1 is 1.29 bits per heavy atom.